The van der Waals surface area contributed by atoms with Gasteiger partial charge in [0.2, 0.25) is 0 Å². The fourth-order valence-electron chi connectivity index (χ4n) is 1.46. The van der Waals surface area contributed by atoms with Gasteiger partial charge >= 0.3 is 12.1 Å². The second-order valence-corrected chi connectivity index (χ2v) is 4.06. The van der Waals surface area contributed by atoms with E-state index in [0.29, 0.717) is 18.8 Å². The van der Waals surface area contributed by atoms with Crippen molar-refractivity contribution in [2.75, 3.05) is 11.9 Å². The number of pyridine rings is 1. The highest BCUT2D eigenvalue weighted by Gasteiger charge is 2.30. The van der Waals surface area contributed by atoms with Crippen LogP contribution in [0.2, 0.25) is 0 Å². The van der Waals surface area contributed by atoms with Gasteiger partial charge in [0, 0.05) is 19.2 Å². The molecular weight excluding hydrogens is 261 g/mol. The Morgan fingerprint density at radius 1 is 1.26 bits per heavy atom. The molecule has 0 spiro atoms. The van der Waals surface area contributed by atoms with E-state index < -0.39 is 17.7 Å². The predicted molar refractivity (Wildman–Crippen MR) is 63.8 cm³/mol. The summed E-state index contributed by atoms with van der Waals surface area (Å²) in [7, 11) is 0. The monoisotopic (exact) mass is 276 g/mol. The van der Waals surface area contributed by atoms with Gasteiger partial charge in [-0.1, -0.05) is 6.42 Å². The van der Waals surface area contributed by atoms with Crippen molar-refractivity contribution in [1.82, 2.24) is 4.98 Å². The molecule has 0 bridgehead atoms. The largest absolute Gasteiger partial charge is 0.481 e. The number of carboxylic acid groups (broad SMARTS) is 1. The van der Waals surface area contributed by atoms with Crippen molar-refractivity contribution >= 4 is 11.8 Å². The summed E-state index contributed by atoms with van der Waals surface area (Å²) in [5, 5.41) is 11.3. The molecule has 19 heavy (non-hydrogen) atoms. The summed E-state index contributed by atoms with van der Waals surface area (Å²) in [6.45, 7) is 0.554. The summed E-state index contributed by atoms with van der Waals surface area (Å²) in [5.74, 6) is -0.441. The number of rotatable bonds is 7. The van der Waals surface area contributed by atoms with Crippen LogP contribution >= 0.6 is 0 Å². The van der Waals surface area contributed by atoms with E-state index in [1.54, 1.807) is 0 Å². The number of nitrogens with zero attached hydrogens (tertiary/aromatic N) is 1. The second-order valence-electron chi connectivity index (χ2n) is 4.06. The third kappa shape index (κ3) is 6.08. The number of carboxylic acids is 1. The normalized spacial score (nSPS) is 11.3. The maximum Gasteiger partial charge on any atom is 0.417 e. The number of anilines is 1. The summed E-state index contributed by atoms with van der Waals surface area (Å²) >= 11 is 0. The van der Waals surface area contributed by atoms with Gasteiger partial charge in [0.15, 0.2) is 0 Å². The van der Waals surface area contributed by atoms with E-state index in [0.717, 1.165) is 25.1 Å². The van der Waals surface area contributed by atoms with E-state index in [9.17, 15) is 18.0 Å². The highest BCUT2D eigenvalue weighted by molar-refractivity contribution is 5.66. The average Bonchev–Trinajstić information content (AvgIpc) is 2.32. The van der Waals surface area contributed by atoms with E-state index >= 15 is 0 Å². The Balaban J connectivity index is 2.25. The molecule has 1 heterocycles. The van der Waals surface area contributed by atoms with Gasteiger partial charge in [0.25, 0.3) is 0 Å². The van der Waals surface area contributed by atoms with Crippen molar-refractivity contribution in [3.8, 4) is 0 Å². The van der Waals surface area contributed by atoms with Crippen molar-refractivity contribution < 1.29 is 23.1 Å². The van der Waals surface area contributed by atoms with Crippen LogP contribution in [0.5, 0.6) is 0 Å². The van der Waals surface area contributed by atoms with Crippen molar-refractivity contribution in [3.63, 3.8) is 0 Å². The van der Waals surface area contributed by atoms with Gasteiger partial charge in [0.05, 0.1) is 5.56 Å². The van der Waals surface area contributed by atoms with E-state index in [1.165, 1.54) is 6.07 Å². The molecule has 0 fully saturated rings. The molecule has 0 amide bonds. The lowest BCUT2D eigenvalue weighted by Crippen LogP contribution is -2.07. The van der Waals surface area contributed by atoms with Gasteiger partial charge in [0.1, 0.15) is 5.82 Å². The van der Waals surface area contributed by atoms with Crippen LogP contribution in [0.1, 0.15) is 31.2 Å². The molecule has 0 aliphatic heterocycles. The third-order valence-corrected chi connectivity index (χ3v) is 2.46. The molecule has 2 N–H and O–H groups in total. The number of alkyl halides is 3. The first-order chi connectivity index (χ1) is 8.89. The smallest absolute Gasteiger partial charge is 0.417 e. The number of hydrogen-bond acceptors (Lipinski definition) is 3. The highest BCUT2D eigenvalue weighted by atomic mass is 19.4. The summed E-state index contributed by atoms with van der Waals surface area (Å²) in [6.07, 6.45) is -1.36. The summed E-state index contributed by atoms with van der Waals surface area (Å²) in [4.78, 5) is 13.9. The van der Waals surface area contributed by atoms with Crippen LogP contribution in [0.15, 0.2) is 18.3 Å². The van der Waals surface area contributed by atoms with Crippen LogP contribution in [-0.4, -0.2) is 22.6 Å². The Hall–Kier alpha value is -1.79. The molecule has 106 valence electrons. The van der Waals surface area contributed by atoms with Crippen molar-refractivity contribution in [2.45, 2.75) is 31.9 Å². The van der Waals surface area contributed by atoms with Gasteiger partial charge in [-0.25, -0.2) is 4.98 Å². The molecular formula is C12H15F3N2O2. The fraction of sp³-hybridized carbons (Fsp3) is 0.500. The quantitative estimate of drug-likeness (QED) is 0.751. The zero-order valence-corrected chi connectivity index (χ0v) is 10.2. The number of aromatic nitrogens is 1. The maximum absolute atomic E-state index is 12.3. The standard InChI is InChI=1S/C12H15F3N2O2/c13-12(14,15)9-5-6-10(17-8-9)16-7-3-1-2-4-11(18)19/h5-6,8H,1-4,7H2,(H,16,17)(H,18,19). The first-order valence-electron chi connectivity index (χ1n) is 5.88. The SMILES string of the molecule is O=C(O)CCCCCNc1ccc(C(F)(F)F)cn1. The Kier molecular flexibility index (Phi) is 5.59. The molecule has 4 nitrogen and oxygen atoms in total. The van der Waals surface area contributed by atoms with Gasteiger partial charge in [-0.3, -0.25) is 4.79 Å². The van der Waals surface area contributed by atoms with Gasteiger partial charge < -0.3 is 10.4 Å². The summed E-state index contributed by atoms with van der Waals surface area (Å²) < 4.78 is 36.8. The fourth-order valence-corrected chi connectivity index (χ4v) is 1.46. The number of hydrogen-bond donors (Lipinski definition) is 2. The van der Waals surface area contributed by atoms with Crippen LogP contribution < -0.4 is 5.32 Å². The Morgan fingerprint density at radius 2 is 2.00 bits per heavy atom. The van der Waals surface area contributed by atoms with E-state index in [-0.39, 0.29) is 6.42 Å². The first kappa shape index (κ1) is 15.3. The number of halogens is 3. The van der Waals surface area contributed by atoms with Crippen LogP contribution in [0.25, 0.3) is 0 Å². The topological polar surface area (TPSA) is 62.2 Å². The second kappa shape index (κ2) is 6.96. The lowest BCUT2D eigenvalue weighted by Gasteiger charge is -2.08. The Labute approximate surface area is 108 Å². The van der Waals surface area contributed by atoms with Gasteiger partial charge in [-0.2, -0.15) is 13.2 Å². The Bertz CT molecular complexity index is 404. The first-order valence-corrected chi connectivity index (χ1v) is 5.88. The molecule has 0 radical (unpaired) electrons. The van der Waals surface area contributed by atoms with Crippen LogP contribution in [0.3, 0.4) is 0 Å². The highest BCUT2D eigenvalue weighted by Crippen LogP contribution is 2.28. The average molecular weight is 276 g/mol. The molecule has 1 aromatic rings. The number of unbranched alkanes of at least 4 members (excludes halogenated alkanes) is 2. The molecule has 0 atom stereocenters. The van der Waals surface area contributed by atoms with Gasteiger partial charge in [-0.15, -0.1) is 0 Å². The van der Waals surface area contributed by atoms with E-state index in [2.05, 4.69) is 10.3 Å². The van der Waals surface area contributed by atoms with Crippen LogP contribution in [-0.2, 0) is 11.0 Å². The molecule has 0 aliphatic rings. The van der Waals surface area contributed by atoms with Crippen molar-refractivity contribution in [3.05, 3.63) is 23.9 Å². The van der Waals surface area contributed by atoms with Crippen molar-refractivity contribution in [2.24, 2.45) is 0 Å². The minimum Gasteiger partial charge on any atom is -0.481 e. The zero-order valence-electron chi connectivity index (χ0n) is 10.2. The molecule has 1 aromatic heterocycles. The minimum absolute atomic E-state index is 0.137. The number of aliphatic carboxylic acids is 1. The van der Waals surface area contributed by atoms with E-state index in [4.69, 9.17) is 5.11 Å². The third-order valence-electron chi connectivity index (χ3n) is 2.46. The molecule has 0 aromatic carbocycles. The molecule has 1 rings (SSSR count). The summed E-state index contributed by atoms with van der Waals surface area (Å²) in [6, 6.07) is 2.25. The minimum atomic E-state index is -4.37. The lowest BCUT2D eigenvalue weighted by molar-refractivity contribution is -0.138. The van der Waals surface area contributed by atoms with E-state index in [1.807, 2.05) is 0 Å². The van der Waals surface area contributed by atoms with Crippen LogP contribution in [0.4, 0.5) is 19.0 Å². The molecule has 0 aliphatic carbocycles. The predicted octanol–water partition coefficient (Wildman–Crippen LogP) is 3.16. The van der Waals surface area contributed by atoms with Crippen molar-refractivity contribution in [1.29, 1.82) is 0 Å². The number of carbonyl (C=O) groups is 1. The summed E-state index contributed by atoms with van der Waals surface area (Å²) in [5.41, 5.74) is -0.778. The zero-order chi connectivity index (χ0) is 14.3. The van der Waals surface area contributed by atoms with Gasteiger partial charge in [-0.05, 0) is 25.0 Å². The molecule has 7 heteroatoms. The Morgan fingerprint density at radius 3 is 2.53 bits per heavy atom. The molecule has 0 unspecified atom stereocenters. The molecule has 0 saturated heterocycles. The number of nitrogens with one attached hydrogen (secondary N) is 1. The molecule has 0 saturated carbocycles. The lowest BCUT2D eigenvalue weighted by atomic mass is 10.2. The maximum atomic E-state index is 12.3. The van der Waals surface area contributed by atoms with Crippen LogP contribution in [0, 0.1) is 0 Å².